The molecule has 0 aliphatic carbocycles. The van der Waals surface area contributed by atoms with Gasteiger partial charge in [-0.15, -0.1) is 0 Å². The van der Waals surface area contributed by atoms with Crippen LogP contribution in [-0.4, -0.2) is 9.55 Å². The number of benzene rings is 1. The first-order valence-corrected chi connectivity index (χ1v) is 5.35. The van der Waals surface area contributed by atoms with Crippen LogP contribution in [0.25, 0.3) is 0 Å². The molecule has 0 radical (unpaired) electrons. The van der Waals surface area contributed by atoms with E-state index in [4.69, 9.17) is 0 Å². The summed E-state index contributed by atoms with van der Waals surface area (Å²) in [6.45, 7) is 0.975. The number of hydrogen-bond donors (Lipinski definition) is 0. The summed E-state index contributed by atoms with van der Waals surface area (Å²) in [5, 5.41) is 0. The molecule has 1 heterocycles. The Kier molecular flexibility index (Phi) is 2.99. The minimum absolute atomic E-state index is 0.975. The van der Waals surface area contributed by atoms with E-state index >= 15 is 0 Å². The van der Waals surface area contributed by atoms with Gasteiger partial charge in [-0.05, 0) is 18.1 Å². The van der Waals surface area contributed by atoms with Crippen LogP contribution in [0, 0.1) is 0 Å². The van der Waals surface area contributed by atoms with Crippen LogP contribution < -0.4 is 0 Å². The largest absolute Gasteiger partial charge is 0.337 e. The third-order valence-electron chi connectivity index (χ3n) is 2.16. The monoisotopic (exact) mass is 250 g/mol. The first-order valence-electron chi connectivity index (χ1n) is 4.55. The lowest BCUT2D eigenvalue weighted by atomic mass is 10.1. The molecule has 0 aliphatic heterocycles. The van der Waals surface area contributed by atoms with Crippen molar-refractivity contribution in [3.05, 3.63) is 53.0 Å². The Bertz CT molecular complexity index is 395. The molecule has 2 rings (SSSR count). The molecule has 72 valence electrons. The van der Waals surface area contributed by atoms with Crippen LogP contribution >= 0.6 is 15.9 Å². The fraction of sp³-hybridized carbons (Fsp3) is 0.182. The van der Waals surface area contributed by atoms with Crippen molar-refractivity contribution in [1.82, 2.24) is 9.55 Å². The van der Waals surface area contributed by atoms with Crippen LogP contribution in [0.3, 0.4) is 0 Å². The van der Waals surface area contributed by atoms with Crippen LogP contribution in [0.15, 0.2) is 47.5 Å². The van der Waals surface area contributed by atoms with Gasteiger partial charge in [-0.25, -0.2) is 4.98 Å². The molecule has 1 aromatic heterocycles. The molecule has 0 atom stereocenters. The second-order valence-corrected chi connectivity index (χ2v) is 4.00. The van der Waals surface area contributed by atoms with Crippen molar-refractivity contribution in [3.8, 4) is 0 Å². The highest BCUT2D eigenvalue weighted by Crippen LogP contribution is 2.16. The van der Waals surface area contributed by atoms with Gasteiger partial charge in [0.15, 0.2) is 0 Å². The predicted octanol–water partition coefficient (Wildman–Crippen LogP) is 2.89. The van der Waals surface area contributed by atoms with Gasteiger partial charge in [0.1, 0.15) is 0 Å². The summed E-state index contributed by atoms with van der Waals surface area (Å²) in [6, 6.07) is 8.31. The third-order valence-corrected chi connectivity index (χ3v) is 2.93. The molecule has 0 saturated carbocycles. The van der Waals surface area contributed by atoms with E-state index < -0.39 is 0 Å². The van der Waals surface area contributed by atoms with E-state index in [0.29, 0.717) is 0 Å². The van der Waals surface area contributed by atoms with E-state index in [-0.39, 0.29) is 0 Å². The van der Waals surface area contributed by atoms with Crippen LogP contribution in [0.5, 0.6) is 0 Å². The second-order valence-electron chi connectivity index (χ2n) is 3.14. The van der Waals surface area contributed by atoms with Crippen LogP contribution in [0.2, 0.25) is 0 Å². The molecule has 0 amide bonds. The van der Waals surface area contributed by atoms with Gasteiger partial charge in [-0.3, -0.25) is 0 Å². The Hall–Kier alpha value is -1.09. The summed E-state index contributed by atoms with van der Waals surface area (Å²) in [6.07, 6.45) is 6.66. The molecule has 0 saturated heterocycles. The summed E-state index contributed by atoms with van der Waals surface area (Å²) in [4.78, 5) is 4.01. The molecule has 3 heteroatoms. The first kappa shape index (κ1) is 9.46. The number of aryl methyl sites for hydroxylation is 2. The smallest absolute Gasteiger partial charge is 0.0946 e. The van der Waals surface area contributed by atoms with E-state index in [0.717, 1.165) is 13.0 Å². The van der Waals surface area contributed by atoms with Crippen LogP contribution in [-0.2, 0) is 13.0 Å². The molecule has 2 aromatic rings. The Labute approximate surface area is 91.7 Å². The van der Waals surface area contributed by atoms with Crippen molar-refractivity contribution in [3.63, 3.8) is 0 Å². The fourth-order valence-electron chi connectivity index (χ4n) is 1.37. The molecule has 0 unspecified atom stereocenters. The lowest BCUT2D eigenvalue weighted by Gasteiger charge is -2.04. The van der Waals surface area contributed by atoms with Gasteiger partial charge in [0.2, 0.25) is 0 Å². The maximum Gasteiger partial charge on any atom is 0.0946 e. The normalized spacial score (nSPS) is 10.4. The van der Waals surface area contributed by atoms with Gasteiger partial charge in [0.05, 0.1) is 6.33 Å². The van der Waals surface area contributed by atoms with Gasteiger partial charge in [0, 0.05) is 23.4 Å². The average Bonchev–Trinajstić information content (AvgIpc) is 2.69. The third kappa shape index (κ3) is 2.23. The van der Waals surface area contributed by atoms with E-state index in [9.17, 15) is 0 Å². The fourth-order valence-corrected chi connectivity index (χ4v) is 1.85. The number of hydrogen-bond acceptors (Lipinski definition) is 1. The summed E-state index contributed by atoms with van der Waals surface area (Å²) >= 11 is 3.54. The zero-order chi connectivity index (χ0) is 9.80. The van der Waals surface area contributed by atoms with Crippen molar-refractivity contribution < 1.29 is 0 Å². The Morgan fingerprint density at radius 2 is 2.14 bits per heavy atom. The van der Waals surface area contributed by atoms with Gasteiger partial charge in [-0.2, -0.15) is 0 Å². The number of nitrogens with zero attached hydrogens (tertiary/aromatic N) is 2. The van der Waals surface area contributed by atoms with Gasteiger partial charge in [0.25, 0.3) is 0 Å². The van der Waals surface area contributed by atoms with Crippen molar-refractivity contribution in [2.24, 2.45) is 0 Å². The molecular weight excluding hydrogens is 240 g/mol. The standard InChI is InChI=1S/C11H11BrN2/c12-11-4-2-1-3-10(11)5-7-14-8-6-13-9-14/h1-4,6,8-9H,5,7H2. The van der Waals surface area contributed by atoms with E-state index in [2.05, 4.69) is 43.7 Å². The average molecular weight is 251 g/mol. The van der Waals surface area contributed by atoms with Crippen LogP contribution in [0.1, 0.15) is 5.56 Å². The highest BCUT2D eigenvalue weighted by Gasteiger charge is 1.98. The van der Waals surface area contributed by atoms with Gasteiger partial charge in [-0.1, -0.05) is 34.1 Å². The van der Waals surface area contributed by atoms with E-state index in [1.54, 1.807) is 6.20 Å². The predicted molar refractivity (Wildman–Crippen MR) is 60.1 cm³/mol. The molecule has 2 nitrogen and oxygen atoms in total. The molecule has 0 N–H and O–H groups in total. The molecule has 0 spiro atoms. The molecule has 0 aliphatic rings. The zero-order valence-electron chi connectivity index (χ0n) is 7.73. The second kappa shape index (κ2) is 4.42. The maximum absolute atomic E-state index is 4.01. The lowest BCUT2D eigenvalue weighted by Crippen LogP contribution is -1.98. The number of imidazole rings is 1. The quantitative estimate of drug-likeness (QED) is 0.820. The van der Waals surface area contributed by atoms with Gasteiger partial charge >= 0.3 is 0 Å². The van der Waals surface area contributed by atoms with Crippen LogP contribution in [0.4, 0.5) is 0 Å². The number of rotatable bonds is 3. The Balaban J connectivity index is 2.02. The zero-order valence-corrected chi connectivity index (χ0v) is 9.31. The number of halogens is 1. The van der Waals surface area contributed by atoms with Crippen molar-refractivity contribution in [2.75, 3.05) is 0 Å². The molecule has 0 fully saturated rings. The highest BCUT2D eigenvalue weighted by atomic mass is 79.9. The van der Waals surface area contributed by atoms with Crippen molar-refractivity contribution >= 4 is 15.9 Å². The summed E-state index contributed by atoms with van der Waals surface area (Å²) < 4.78 is 3.26. The summed E-state index contributed by atoms with van der Waals surface area (Å²) in [5.41, 5.74) is 1.33. The topological polar surface area (TPSA) is 17.8 Å². The van der Waals surface area contributed by atoms with Crippen molar-refractivity contribution in [2.45, 2.75) is 13.0 Å². The molecular formula is C11H11BrN2. The van der Waals surface area contributed by atoms with E-state index in [1.165, 1.54) is 10.0 Å². The minimum Gasteiger partial charge on any atom is -0.337 e. The molecule has 1 aromatic carbocycles. The Morgan fingerprint density at radius 1 is 1.29 bits per heavy atom. The number of aromatic nitrogens is 2. The first-order chi connectivity index (χ1) is 6.86. The molecule has 0 bridgehead atoms. The summed E-state index contributed by atoms with van der Waals surface area (Å²) in [7, 11) is 0. The minimum atomic E-state index is 0.975. The summed E-state index contributed by atoms with van der Waals surface area (Å²) in [5.74, 6) is 0. The van der Waals surface area contributed by atoms with Gasteiger partial charge < -0.3 is 4.57 Å². The molecule has 14 heavy (non-hydrogen) atoms. The maximum atomic E-state index is 4.01. The Morgan fingerprint density at radius 3 is 2.86 bits per heavy atom. The van der Waals surface area contributed by atoms with Crippen molar-refractivity contribution in [1.29, 1.82) is 0 Å². The highest BCUT2D eigenvalue weighted by molar-refractivity contribution is 9.10. The van der Waals surface area contributed by atoms with E-state index in [1.807, 2.05) is 18.6 Å². The SMILES string of the molecule is Brc1ccccc1CCn1ccnc1. The lowest BCUT2D eigenvalue weighted by molar-refractivity contribution is 0.694.